The average molecular weight is 349 g/mol. The van der Waals surface area contributed by atoms with E-state index in [-0.39, 0.29) is 0 Å². The molecule has 1 aliphatic heterocycles. The monoisotopic (exact) mass is 349 g/mol. The van der Waals surface area contributed by atoms with E-state index in [4.69, 9.17) is 14.7 Å². The van der Waals surface area contributed by atoms with Gasteiger partial charge in [0.25, 0.3) is 0 Å². The zero-order valence-corrected chi connectivity index (χ0v) is 15.0. The van der Waals surface area contributed by atoms with Crippen LogP contribution in [0.1, 0.15) is 12.0 Å². The molecule has 0 radical (unpaired) electrons. The summed E-state index contributed by atoms with van der Waals surface area (Å²) in [6.07, 6.45) is 0.885. The molecule has 1 heterocycles. The zero-order chi connectivity index (χ0) is 18.2. The molecule has 0 saturated carbocycles. The smallest absolute Gasteiger partial charge is 0.137 e. The van der Waals surface area contributed by atoms with Crippen molar-refractivity contribution in [3.63, 3.8) is 0 Å². The second-order valence-electron chi connectivity index (χ2n) is 6.33. The highest BCUT2D eigenvalue weighted by Crippen LogP contribution is 2.22. The van der Waals surface area contributed by atoms with Gasteiger partial charge in [-0.2, -0.15) is 5.26 Å². The summed E-state index contributed by atoms with van der Waals surface area (Å²) in [6, 6.07) is 19.3. The molecule has 3 rings (SSSR count). The Bertz CT molecular complexity index is 783. The number of rotatable bonds is 7. The molecular weight excluding hydrogens is 326 g/mol. The number of hydrogen-bond acceptors (Lipinski definition) is 4. The minimum atomic E-state index is 0.376. The molecule has 5 nitrogen and oxygen atoms in total. The summed E-state index contributed by atoms with van der Waals surface area (Å²) >= 11 is 0. The van der Waals surface area contributed by atoms with Crippen LogP contribution in [0, 0.1) is 17.2 Å². The third kappa shape index (κ3) is 4.76. The molecule has 0 N–H and O–H groups in total. The number of nitrogens with zero attached hydrogens (tertiary/aromatic N) is 3. The maximum absolute atomic E-state index is 9.13. The fourth-order valence-corrected chi connectivity index (χ4v) is 3.02. The number of benzene rings is 2. The topological polar surface area (TPSA) is 57.8 Å². The van der Waals surface area contributed by atoms with E-state index in [1.165, 1.54) is 0 Å². The molecule has 2 aromatic rings. The predicted molar refractivity (Wildman–Crippen MR) is 102 cm³/mol. The number of nitriles is 1. The fraction of sp³-hybridized carbons (Fsp3) is 0.333. The van der Waals surface area contributed by atoms with Gasteiger partial charge < -0.3 is 14.4 Å². The summed E-state index contributed by atoms with van der Waals surface area (Å²) < 4.78 is 11.5. The van der Waals surface area contributed by atoms with Gasteiger partial charge in [0.05, 0.1) is 24.6 Å². The minimum Gasteiger partial charge on any atom is -0.492 e. The van der Waals surface area contributed by atoms with Gasteiger partial charge in [-0.15, -0.1) is 0 Å². The minimum absolute atomic E-state index is 0.376. The molecule has 5 heteroatoms. The zero-order valence-electron chi connectivity index (χ0n) is 15.0. The first-order valence-electron chi connectivity index (χ1n) is 8.80. The predicted octanol–water partition coefficient (Wildman–Crippen LogP) is 3.37. The van der Waals surface area contributed by atoms with E-state index in [2.05, 4.69) is 23.0 Å². The summed E-state index contributed by atoms with van der Waals surface area (Å²) in [7, 11) is 2.06. The third-order valence-electron chi connectivity index (χ3n) is 4.32. The van der Waals surface area contributed by atoms with Crippen molar-refractivity contribution in [3.8, 4) is 17.6 Å². The van der Waals surface area contributed by atoms with E-state index in [9.17, 15) is 0 Å². The van der Waals surface area contributed by atoms with Crippen LogP contribution in [0.25, 0.3) is 0 Å². The van der Waals surface area contributed by atoms with E-state index in [1.807, 2.05) is 48.5 Å². The number of likely N-dealkylation sites (tertiary alicyclic amines) is 1. The molecule has 26 heavy (non-hydrogen) atoms. The van der Waals surface area contributed by atoms with Crippen LogP contribution >= 0.6 is 0 Å². The molecule has 2 aromatic carbocycles. The van der Waals surface area contributed by atoms with Gasteiger partial charge in [-0.25, -0.2) is 0 Å². The molecule has 0 amide bonds. The van der Waals surface area contributed by atoms with Crippen LogP contribution < -0.4 is 9.47 Å². The van der Waals surface area contributed by atoms with Crippen molar-refractivity contribution in [1.29, 1.82) is 5.26 Å². The lowest BCUT2D eigenvalue weighted by atomic mass is 10.1. The Morgan fingerprint density at radius 1 is 1.12 bits per heavy atom. The second-order valence-corrected chi connectivity index (χ2v) is 6.33. The molecule has 0 spiro atoms. The highest BCUT2D eigenvalue weighted by molar-refractivity contribution is 5.84. The molecule has 1 saturated heterocycles. The van der Waals surface area contributed by atoms with Crippen molar-refractivity contribution >= 4 is 5.84 Å². The lowest BCUT2D eigenvalue weighted by Crippen LogP contribution is -2.21. The van der Waals surface area contributed by atoms with Crippen LogP contribution in [-0.4, -0.2) is 44.1 Å². The van der Waals surface area contributed by atoms with E-state index in [1.54, 1.807) is 6.07 Å². The first-order chi connectivity index (χ1) is 12.8. The summed E-state index contributed by atoms with van der Waals surface area (Å²) in [5.74, 6) is 2.98. The van der Waals surface area contributed by atoms with Gasteiger partial charge in [0, 0.05) is 25.9 Å². The molecule has 134 valence electrons. The second kappa shape index (κ2) is 8.91. The molecular formula is C21H23N3O2. The maximum atomic E-state index is 9.13. The number of amidine groups is 1. The van der Waals surface area contributed by atoms with Gasteiger partial charge in [0.2, 0.25) is 0 Å². The molecule has 0 bridgehead atoms. The summed E-state index contributed by atoms with van der Waals surface area (Å²) in [4.78, 5) is 6.84. The van der Waals surface area contributed by atoms with Gasteiger partial charge in [-0.05, 0) is 24.3 Å². The number of ether oxygens (including phenoxy) is 2. The standard InChI is InChI=1S/C21H23N3O2/c1-24-15-17(16-26-20-10-6-5-7-18(20)14-22)13-21(24)23-11-12-25-19-8-3-2-4-9-19/h2-10,17H,11-13,15-16H2,1H3. The molecule has 1 unspecified atom stereocenters. The molecule has 1 fully saturated rings. The Kier molecular flexibility index (Phi) is 6.10. The molecule has 1 aliphatic rings. The van der Waals surface area contributed by atoms with Crippen molar-refractivity contribution < 1.29 is 9.47 Å². The molecule has 1 atom stereocenters. The first-order valence-corrected chi connectivity index (χ1v) is 8.80. The quantitative estimate of drug-likeness (QED) is 0.719. The van der Waals surface area contributed by atoms with Crippen molar-refractivity contribution in [3.05, 3.63) is 60.2 Å². The summed E-state index contributed by atoms with van der Waals surface area (Å²) in [6.45, 7) is 2.70. The highest BCUT2D eigenvalue weighted by Gasteiger charge is 2.25. The van der Waals surface area contributed by atoms with Crippen LogP contribution in [0.2, 0.25) is 0 Å². The van der Waals surface area contributed by atoms with Crippen LogP contribution in [-0.2, 0) is 0 Å². The van der Waals surface area contributed by atoms with Gasteiger partial charge in [0.1, 0.15) is 24.2 Å². The van der Waals surface area contributed by atoms with Crippen LogP contribution in [0.5, 0.6) is 11.5 Å². The van der Waals surface area contributed by atoms with Gasteiger partial charge in [0.15, 0.2) is 0 Å². The normalized spacial score (nSPS) is 17.9. The Morgan fingerprint density at radius 2 is 1.88 bits per heavy atom. The lowest BCUT2D eigenvalue weighted by molar-refractivity contribution is 0.249. The van der Waals surface area contributed by atoms with Crippen LogP contribution in [0.4, 0.5) is 0 Å². The Balaban J connectivity index is 1.46. The molecule has 0 aromatic heterocycles. The number of hydrogen-bond donors (Lipinski definition) is 0. The first kappa shape index (κ1) is 17.8. The van der Waals surface area contributed by atoms with Gasteiger partial charge >= 0.3 is 0 Å². The van der Waals surface area contributed by atoms with Crippen molar-refractivity contribution in [2.45, 2.75) is 6.42 Å². The number of aliphatic imine (C=N–C) groups is 1. The average Bonchev–Trinajstić information content (AvgIpc) is 3.04. The van der Waals surface area contributed by atoms with E-state index in [0.717, 1.165) is 24.6 Å². The largest absolute Gasteiger partial charge is 0.492 e. The van der Waals surface area contributed by atoms with Crippen LogP contribution in [0.3, 0.4) is 0 Å². The Hall–Kier alpha value is -3.00. The van der Waals surface area contributed by atoms with Crippen molar-refractivity contribution in [2.24, 2.45) is 10.9 Å². The highest BCUT2D eigenvalue weighted by atomic mass is 16.5. The molecule has 0 aliphatic carbocycles. The SMILES string of the molecule is CN1CC(COc2ccccc2C#N)CC1=NCCOc1ccccc1. The fourth-order valence-electron chi connectivity index (χ4n) is 3.02. The maximum Gasteiger partial charge on any atom is 0.137 e. The van der Waals surface area contributed by atoms with E-state index in [0.29, 0.717) is 37.0 Å². The third-order valence-corrected chi connectivity index (χ3v) is 4.32. The van der Waals surface area contributed by atoms with Crippen LogP contribution in [0.15, 0.2) is 59.6 Å². The van der Waals surface area contributed by atoms with E-state index >= 15 is 0 Å². The Labute approximate surface area is 154 Å². The Morgan fingerprint density at radius 3 is 2.69 bits per heavy atom. The summed E-state index contributed by atoms with van der Waals surface area (Å²) in [5.41, 5.74) is 0.575. The van der Waals surface area contributed by atoms with Crippen molar-refractivity contribution in [2.75, 3.05) is 33.4 Å². The number of para-hydroxylation sites is 2. The lowest BCUT2D eigenvalue weighted by Gasteiger charge is -2.13. The van der Waals surface area contributed by atoms with Gasteiger partial charge in [-0.1, -0.05) is 30.3 Å². The van der Waals surface area contributed by atoms with Gasteiger partial charge in [-0.3, -0.25) is 4.99 Å². The van der Waals surface area contributed by atoms with Crippen molar-refractivity contribution in [1.82, 2.24) is 4.90 Å². The van der Waals surface area contributed by atoms with E-state index < -0.39 is 0 Å². The summed E-state index contributed by atoms with van der Waals surface area (Å²) in [5, 5.41) is 9.13.